The third-order valence-electron chi connectivity index (χ3n) is 6.47. The molecule has 8 heteroatoms. The van der Waals surface area contributed by atoms with Gasteiger partial charge < -0.3 is 10.2 Å². The molecule has 39 heavy (non-hydrogen) atoms. The molecule has 3 aromatic carbocycles. The molecule has 208 valence electrons. The lowest BCUT2D eigenvalue weighted by Crippen LogP contribution is -2.53. The van der Waals surface area contributed by atoms with E-state index in [2.05, 4.69) is 5.32 Å². The Hall–Kier alpha value is -3.65. The predicted octanol–water partition coefficient (Wildman–Crippen LogP) is 4.43. The summed E-state index contributed by atoms with van der Waals surface area (Å²) in [5, 5.41) is 2.99. The van der Waals surface area contributed by atoms with Gasteiger partial charge in [-0.15, -0.1) is 0 Å². The second-order valence-corrected chi connectivity index (χ2v) is 12.0. The molecule has 0 aromatic heterocycles. The molecule has 0 aliphatic heterocycles. The number of aryl methyl sites for hydroxylation is 1. The SMILES string of the molecule is CCc1ccccc1N(CC(=O)N(Cc1ccccc1)[C@H](Cc1ccccc1)C(=O)NCC(C)C)S(C)(=O)=O. The van der Waals surface area contributed by atoms with Gasteiger partial charge in [-0.3, -0.25) is 13.9 Å². The Morgan fingerprint density at radius 2 is 1.41 bits per heavy atom. The van der Waals surface area contributed by atoms with Crippen molar-refractivity contribution in [3.63, 3.8) is 0 Å². The van der Waals surface area contributed by atoms with Crippen molar-refractivity contribution in [2.24, 2.45) is 5.92 Å². The van der Waals surface area contributed by atoms with Crippen LogP contribution < -0.4 is 9.62 Å². The lowest BCUT2D eigenvalue weighted by atomic mass is 10.0. The first-order chi connectivity index (χ1) is 18.6. The lowest BCUT2D eigenvalue weighted by Gasteiger charge is -2.34. The summed E-state index contributed by atoms with van der Waals surface area (Å²) in [7, 11) is -3.79. The second kappa shape index (κ2) is 13.9. The van der Waals surface area contributed by atoms with Crippen LogP contribution in [-0.4, -0.2) is 50.5 Å². The maximum Gasteiger partial charge on any atom is 0.244 e. The zero-order valence-electron chi connectivity index (χ0n) is 23.2. The highest BCUT2D eigenvalue weighted by Crippen LogP contribution is 2.24. The molecule has 3 rings (SSSR count). The van der Waals surface area contributed by atoms with Gasteiger partial charge in [-0.25, -0.2) is 8.42 Å². The Bertz CT molecular complexity index is 1330. The van der Waals surface area contributed by atoms with Crippen LogP contribution in [0.2, 0.25) is 0 Å². The summed E-state index contributed by atoms with van der Waals surface area (Å²) in [6, 6.07) is 25.3. The number of hydrogen-bond donors (Lipinski definition) is 1. The normalized spacial score (nSPS) is 12.1. The zero-order chi connectivity index (χ0) is 28.4. The van der Waals surface area contributed by atoms with Gasteiger partial charge in [-0.2, -0.15) is 0 Å². The van der Waals surface area contributed by atoms with Crippen LogP contribution in [0.25, 0.3) is 0 Å². The minimum Gasteiger partial charge on any atom is -0.354 e. The number of amides is 2. The van der Waals surface area contributed by atoms with Crippen molar-refractivity contribution in [1.82, 2.24) is 10.2 Å². The number of nitrogens with one attached hydrogen (secondary N) is 1. The summed E-state index contributed by atoms with van der Waals surface area (Å²) >= 11 is 0. The Balaban J connectivity index is 2.04. The standard InChI is InChI=1S/C31H39N3O4S/c1-5-27-18-12-13-19-28(27)34(39(4,37)38)23-30(35)33(22-26-16-10-7-11-17-26)29(31(36)32-21-24(2)3)20-25-14-8-6-9-15-25/h6-19,24,29H,5,20-23H2,1-4H3,(H,32,36)/t29-/m1/s1. The maximum absolute atomic E-state index is 14.1. The van der Waals surface area contributed by atoms with E-state index in [4.69, 9.17) is 0 Å². The Morgan fingerprint density at radius 1 is 0.846 bits per heavy atom. The fraction of sp³-hybridized carbons (Fsp3) is 0.355. The summed E-state index contributed by atoms with van der Waals surface area (Å²) in [6.45, 7) is 6.18. The monoisotopic (exact) mass is 549 g/mol. The molecule has 0 radical (unpaired) electrons. The average molecular weight is 550 g/mol. The van der Waals surface area contributed by atoms with Crippen molar-refractivity contribution >= 4 is 27.5 Å². The summed E-state index contributed by atoms with van der Waals surface area (Å²) in [5.74, 6) is -0.483. The van der Waals surface area contributed by atoms with Crippen LogP contribution >= 0.6 is 0 Å². The van der Waals surface area contributed by atoms with Gasteiger partial charge in [-0.05, 0) is 35.1 Å². The number of nitrogens with zero attached hydrogens (tertiary/aromatic N) is 2. The molecule has 0 unspecified atom stereocenters. The van der Waals surface area contributed by atoms with Crippen LogP contribution in [0.4, 0.5) is 5.69 Å². The number of para-hydroxylation sites is 1. The topological polar surface area (TPSA) is 86.8 Å². The fourth-order valence-corrected chi connectivity index (χ4v) is 5.28. The number of rotatable bonds is 13. The Morgan fingerprint density at radius 3 is 1.97 bits per heavy atom. The fourth-order valence-electron chi connectivity index (χ4n) is 4.40. The minimum atomic E-state index is -3.79. The second-order valence-electron chi connectivity index (χ2n) is 10.1. The van der Waals surface area contributed by atoms with Crippen LogP contribution in [0.1, 0.15) is 37.5 Å². The zero-order valence-corrected chi connectivity index (χ0v) is 24.0. The molecule has 2 amide bonds. The van der Waals surface area contributed by atoms with Gasteiger partial charge in [0, 0.05) is 19.5 Å². The molecule has 0 spiro atoms. The van der Waals surface area contributed by atoms with Gasteiger partial charge in [0.25, 0.3) is 0 Å². The first-order valence-electron chi connectivity index (χ1n) is 13.3. The highest BCUT2D eigenvalue weighted by Gasteiger charge is 2.33. The van der Waals surface area contributed by atoms with Crippen LogP contribution in [-0.2, 0) is 39.0 Å². The van der Waals surface area contributed by atoms with Crippen molar-refractivity contribution in [1.29, 1.82) is 0 Å². The summed E-state index contributed by atoms with van der Waals surface area (Å²) in [5.41, 5.74) is 3.05. The molecule has 3 aromatic rings. The molecule has 1 atom stereocenters. The number of carbonyl (C=O) groups is 2. The van der Waals surface area contributed by atoms with Crippen molar-refractivity contribution in [2.75, 3.05) is 23.7 Å². The van der Waals surface area contributed by atoms with E-state index in [1.54, 1.807) is 12.1 Å². The van der Waals surface area contributed by atoms with Crippen molar-refractivity contribution in [2.45, 2.75) is 46.2 Å². The molecular formula is C31H39N3O4S. The largest absolute Gasteiger partial charge is 0.354 e. The van der Waals surface area contributed by atoms with E-state index >= 15 is 0 Å². The summed E-state index contributed by atoms with van der Waals surface area (Å²) < 4.78 is 27.1. The molecule has 0 heterocycles. The van der Waals surface area contributed by atoms with Gasteiger partial charge in [0.2, 0.25) is 21.8 Å². The van der Waals surface area contributed by atoms with E-state index in [0.29, 0.717) is 25.1 Å². The van der Waals surface area contributed by atoms with E-state index in [-0.39, 0.29) is 18.4 Å². The molecule has 0 aliphatic rings. The number of sulfonamides is 1. The smallest absolute Gasteiger partial charge is 0.244 e. The number of hydrogen-bond acceptors (Lipinski definition) is 4. The van der Waals surface area contributed by atoms with Gasteiger partial charge in [-0.1, -0.05) is 99.6 Å². The van der Waals surface area contributed by atoms with Crippen LogP contribution in [0, 0.1) is 5.92 Å². The van der Waals surface area contributed by atoms with Crippen molar-refractivity contribution in [3.05, 3.63) is 102 Å². The minimum absolute atomic E-state index is 0.166. The molecule has 0 bridgehead atoms. The summed E-state index contributed by atoms with van der Waals surface area (Å²) in [6.07, 6.45) is 2.01. The molecule has 1 N–H and O–H groups in total. The van der Waals surface area contributed by atoms with E-state index in [0.717, 1.165) is 27.3 Å². The summed E-state index contributed by atoms with van der Waals surface area (Å²) in [4.78, 5) is 29.2. The first kappa shape index (κ1) is 29.9. The Labute approximate surface area is 232 Å². The highest BCUT2D eigenvalue weighted by molar-refractivity contribution is 7.92. The van der Waals surface area contributed by atoms with Gasteiger partial charge in [0.05, 0.1) is 11.9 Å². The predicted molar refractivity (Wildman–Crippen MR) is 157 cm³/mol. The number of carbonyl (C=O) groups excluding carboxylic acids is 2. The van der Waals surface area contributed by atoms with Crippen molar-refractivity contribution < 1.29 is 18.0 Å². The molecule has 7 nitrogen and oxygen atoms in total. The quantitative estimate of drug-likeness (QED) is 0.342. The lowest BCUT2D eigenvalue weighted by molar-refractivity contribution is -0.140. The molecule has 0 fully saturated rings. The first-order valence-corrected chi connectivity index (χ1v) is 15.2. The molecule has 0 saturated carbocycles. The van der Waals surface area contributed by atoms with E-state index in [1.165, 1.54) is 4.90 Å². The van der Waals surface area contributed by atoms with Crippen LogP contribution in [0.3, 0.4) is 0 Å². The molecular weight excluding hydrogens is 510 g/mol. The highest BCUT2D eigenvalue weighted by atomic mass is 32.2. The number of benzene rings is 3. The van der Waals surface area contributed by atoms with Crippen molar-refractivity contribution in [3.8, 4) is 0 Å². The molecule has 0 saturated heterocycles. The molecule has 0 aliphatic carbocycles. The third-order valence-corrected chi connectivity index (χ3v) is 7.60. The average Bonchev–Trinajstić information content (AvgIpc) is 2.92. The number of anilines is 1. The third kappa shape index (κ3) is 8.68. The van der Waals surface area contributed by atoms with E-state index in [9.17, 15) is 18.0 Å². The van der Waals surface area contributed by atoms with E-state index in [1.807, 2.05) is 93.6 Å². The van der Waals surface area contributed by atoms with Gasteiger partial charge in [0.15, 0.2) is 0 Å². The van der Waals surface area contributed by atoms with Gasteiger partial charge >= 0.3 is 0 Å². The maximum atomic E-state index is 14.1. The Kier molecular flexibility index (Phi) is 10.7. The van der Waals surface area contributed by atoms with E-state index < -0.39 is 28.5 Å². The van der Waals surface area contributed by atoms with Crippen LogP contribution in [0.15, 0.2) is 84.9 Å². The van der Waals surface area contributed by atoms with Gasteiger partial charge in [0.1, 0.15) is 12.6 Å². The van der Waals surface area contributed by atoms with Crippen LogP contribution in [0.5, 0.6) is 0 Å².